The lowest BCUT2D eigenvalue weighted by atomic mass is 10.1. The molecule has 9 heteroatoms. The molecule has 146 valence electrons. The molecule has 0 unspecified atom stereocenters. The summed E-state index contributed by atoms with van der Waals surface area (Å²) in [6.07, 6.45) is 3.57. The lowest BCUT2D eigenvalue weighted by molar-refractivity contribution is -0.116. The smallest absolute Gasteiger partial charge is 0.262 e. The molecular formula is C18H24N4O4S. The van der Waals surface area contributed by atoms with E-state index in [9.17, 15) is 13.2 Å². The van der Waals surface area contributed by atoms with Crippen molar-refractivity contribution in [2.45, 2.75) is 31.8 Å². The molecule has 0 saturated carbocycles. The summed E-state index contributed by atoms with van der Waals surface area (Å²) in [4.78, 5) is 16.4. The molecule has 8 nitrogen and oxygen atoms in total. The number of sulfonamides is 1. The number of nitrogens with zero attached hydrogens (tertiary/aromatic N) is 3. The number of aromatic nitrogens is 2. The first-order chi connectivity index (χ1) is 12.9. The van der Waals surface area contributed by atoms with Crippen LogP contribution in [-0.4, -0.2) is 54.5 Å². The van der Waals surface area contributed by atoms with Gasteiger partial charge in [0.1, 0.15) is 6.54 Å². The minimum Gasteiger partial charge on any atom is -0.379 e. The van der Waals surface area contributed by atoms with Gasteiger partial charge in [-0.3, -0.25) is 4.79 Å². The van der Waals surface area contributed by atoms with Crippen molar-refractivity contribution < 1.29 is 17.9 Å². The number of ether oxygens (including phenoxy) is 1. The van der Waals surface area contributed by atoms with Crippen molar-refractivity contribution in [3.8, 4) is 0 Å². The van der Waals surface area contributed by atoms with Crippen LogP contribution >= 0.6 is 0 Å². The Morgan fingerprint density at radius 1 is 1.30 bits per heavy atom. The zero-order chi connectivity index (χ0) is 19.4. The summed E-state index contributed by atoms with van der Waals surface area (Å²) >= 11 is 0. The van der Waals surface area contributed by atoms with Gasteiger partial charge in [0.2, 0.25) is 5.91 Å². The summed E-state index contributed by atoms with van der Waals surface area (Å²) in [5.41, 5.74) is 2.86. The van der Waals surface area contributed by atoms with Crippen LogP contribution in [0.2, 0.25) is 0 Å². The largest absolute Gasteiger partial charge is 0.379 e. The van der Waals surface area contributed by atoms with Crippen LogP contribution < -0.4 is 5.32 Å². The summed E-state index contributed by atoms with van der Waals surface area (Å²) in [6.45, 7) is 5.33. The lowest BCUT2D eigenvalue weighted by Crippen LogP contribution is -2.40. The van der Waals surface area contributed by atoms with Crippen molar-refractivity contribution in [3.63, 3.8) is 0 Å². The summed E-state index contributed by atoms with van der Waals surface area (Å²) < 4.78 is 33.2. The zero-order valence-corrected chi connectivity index (χ0v) is 16.3. The van der Waals surface area contributed by atoms with Crippen LogP contribution in [0.4, 0.5) is 5.69 Å². The van der Waals surface area contributed by atoms with Crippen molar-refractivity contribution in [1.29, 1.82) is 0 Å². The van der Waals surface area contributed by atoms with Gasteiger partial charge in [0.15, 0.2) is 5.03 Å². The normalized spacial score (nSPS) is 15.6. The highest BCUT2D eigenvalue weighted by atomic mass is 32.2. The van der Waals surface area contributed by atoms with E-state index in [-0.39, 0.29) is 17.5 Å². The third-order valence-electron chi connectivity index (χ3n) is 4.51. The topological polar surface area (TPSA) is 93.5 Å². The molecule has 2 aromatic rings. The molecule has 1 saturated heterocycles. The molecule has 1 N–H and O–H groups in total. The van der Waals surface area contributed by atoms with E-state index in [1.165, 1.54) is 21.4 Å². The van der Waals surface area contributed by atoms with Gasteiger partial charge in [0.05, 0.1) is 19.5 Å². The SMILES string of the molecule is CCc1cccc(C)c1NC(=O)Cn1cnc(S(=O)(=O)N2CCOCC2)c1. The number of carbonyl (C=O) groups is 1. The summed E-state index contributed by atoms with van der Waals surface area (Å²) in [5.74, 6) is -0.230. The molecule has 2 heterocycles. The van der Waals surface area contributed by atoms with E-state index in [0.717, 1.165) is 23.2 Å². The van der Waals surface area contributed by atoms with E-state index in [2.05, 4.69) is 10.3 Å². The molecule has 1 aliphatic heterocycles. The van der Waals surface area contributed by atoms with Crippen LogP contribution in [0.3, 0.4) is 0 Å². The number of para-hydroxylation sites is 1. The third-order valence-corrected chi connectivity index (χ3v) is 6.30. The molecule has 27 heavy (non-hydrogen) atoms. The summed E-state index contributed by atoms with van der Waals surface area (Å²) in [5, 5.41) is 2.87. The van der Waals surface area contributed by atoms with E-state index >= 15 is 0 Å². The van der Waals surface area contributed by atoms with Gasteiger partial charge in [0.25, 0.3) is 10.0 Å². The van der Waals surface area contributed by atoms with Crippen LogP contribution in [0.25, 0.3) is 0 Å². The number of imidazole rings is 1. The van der Waals surface area contributed by atoms with Crippen LogP contribution in [-0.2, 0) is 32.5 Å². The number of morpholine rings is 1. The standard InChI is InChI=1S/C18H24N4O4S/c1-3-15-6-4-5-14(2)18(15)20-16(23)11-21-12-17(19-13-21)27(24,25)22-7-9-26-10-8-22/h4-6,12-13H,3,7-11H2,1-2H3,(H,20,23). The van der Waals surface area contributed by atoms with Crippen molar-refractivity contribution in [1.82, 2.24) is 13.9 Å². The molecule has 0 radical (unpaired) electrons. The fraction of sp³-hybridized carbons (Fsp3) is 0.444. The number of hydrogen-bond donors (Lipinski definition) is 1. The predicted octanol–water partition coefficient (Wildman–Crippen LogP) is 1.41. The first-order valence-electron chi connectivity index (χ1n) is 8.90. The summed E-state index contributed by atoms with van der Waals surface area (Å²) in [7, 11) is -3.66. The fourth-order valence-electron chi connectivity index (χ4n) is 3.03. The highest BCUT2D eigenvalue weighted by molar-refractivity contribution is 7.89. The van der Waals surface area contributed by atoms with Crippen LogP contribution in [0.15, 0.2) is 35.7 Å². The zero-order valence-electron chi connectivity index (χ0n) is 15.5. The van der Waals surface area contributed by atoms with Gasteiger partial charge in [-0.2, -0.15) is 4.31 Å². The Morgan fingerprint density at radius 3 is 2.74 bits per heavy atom. The molecule has 1 aromatic heterocycles. The average Bonchev–Trinajstić information content (AvgIpc) is 3.13. The average molecular weight is 392 g/mol. The van der Waals surface area contributed by atoms with E-state index in [0.29, 0.717) is 26.3 Å². The molecular weight excluding hydrogens is 368 g/mol. The number of anilines is 1. The minimum atomic E-state index is -3.66. The molecule has 1 amide bonds. The van der Waals surface area contributed by atoms with Gasteiger partial charge in [0, 0.05) is 25.0 Å². The van der Waals surface area contributed by atoms with Crippen LogP contribution in [0, 0.1) is 6.92 Å². The Morgan fingerprint density at radius 2 is 2.04 bits per heavy atom. The van der Waals surface area contributed by atoms with Crippen molar-refractivity contribution in [2.75, 3.05) is 31.6 Å². The Hall–Kier alpha value is -2.23. The highest BCUT2D eigenvalue weighted by Gasteiger charge is 2.28. The quantitative estimate of drug-likeness (QED) is 0.802. The minimum absolute atomic E-state index is 0.0108. The van der Waals surface area contributed by atoms with Gasteiger partial charge < -0.3 is 14.6 Å². The monoisotopic (exact) mass is 392 g/mol. The lowest BCUT2D eigenvalue weighted by Gasteiger charge is -2.24. The van der Waals surface area contributed by atoms with Crippen LogP contribution in [0.1, 0.15) is 18.1 Å². The van der Waals surface area contributed by atoms with Crippen LogP contribution in [0.5, 0.6) is 0 Å². The van der Waals surface area contributed by atoms with E-state index in [1.807, 2.05) is 32.0 Å². The maximum atomic E-state index is 12.6. The molecule has 1 fully saturated rings. The second kappa shape index (κ2) is 8.20. The third kappa shape index (κ3) is 4.37. The van der Waals surface area contributed by atoms with Gasteiger partial charge in [-0.1, -0.05) is 25.1 Å². The maximum absolute atomic E-state index is 12.6. The molecule has 0 aliphatic carbocycles. The maximum Gasteiger partial charge on any atom is 0.262 e. The van der Waals surface area contributed by atoms with Gasteiger partial charge in [-0.25, -0.2) is 13.4 Å². The van der Waals surface area contributed by atoms with Crippen molar-refractivity contribution >= 4 is 21.6 Å². The number of benzene rings is 1. The second-order valence-corrected chi connectivity index (χ2v) is 8.30. The first kappa shape index (κ1) is 19.5. The van der Waals surface area contributed by atoms with Gasteiger partial charge >= 0.3 is 0 Å². The highest BCUT2D eigenvalue weighted by Crippen LogP contribution is 2.21. The molecule has 1 aromatic carbocycles. The molecule has 1 aliphatic rings. The Labute approximate surface area is 159 Å². The predicted molar refractivity (Wildman–Crippen MR) is 101 cm³/mol. The van der Waals surface area contributed by atoms with E-state index in [4.69, 9.17) is 4.74 Å². The Kier molecular flexibility index (Phi) is 5.93. The number of hydrogen-bond acceptors (Lipinski definition) is 5. The second-order valence-electron chi connectivity index (χ2n) is 6.41. The summed E-state index contributed by atoms with van der Waals surface area (Å²) in [6, 6.07) is 5.88. The van der Waals surface area contributed by atoms with Crippen molar-refractivity contribution in [3.05, 3.63) is 41.9 Å². The van der Waals surface area contributed by atoms with Gasteiger partial charge in [-0.05, 0) is 24.5 Å². The number of nitrogens with one attached hydrogen (secondary N) is 1. The number of aryl methyl sites for hydroxylation is 2. The van der Waals surface area contributed by atoms with Gasteiger partial charge in [-0.15, -0.1) is 0 Å². The Balaban J connectivity index is 1.70. The Bertz CT molecular complexity index is 917. The van der Waals surface area contributed by atoms with Crippen molar-refractivity contribution in [2.24, 2.45) is 0 Å². The first-order valence-corrected chi connectivity index (χ1v) is 10.3. The fourth-order valence-corrected chi connectivity index (χ4v) is 4.37. The number of rotatable bonds is 6. The van der Waals surface area contributed by atoms with E-state index < -0.39 is 10.0 Å². The molecule has 0 atom stereocenters. The molecule has 3 rings (SSSR count). The van der Waals surface area contributed by atoms with E-state index in [1.54, 1.807) is 0 Å². The molecule has 0 spiro atoms. The number of amides is 1. The number of carbonyl (C=O) groups excluding carboxylic acids is 1. The molecule has 0 bridgehead atoms.